The monoisotopic (exact) mass is 313 g/mol. The minimum Gasteiger partial charge on any atom is -0.307 e. The number of fused-ring (bicyclic) bond motifs is 1. The fraction of sp³-hybridized carbons (Fsp3) is 0. The van der Waals surface area contributed by atoms with Gasteiger partial charge in [0.2, 0.25) is 0 Å². The molecule has 0 aliphatic carbocycles. The number of benzene rings is 2. The van der Waals surface area contributed by atoms with E-state index in [2.05, 4.69) is 26.1 Å². The molecule has 0 atom stereocenters. The lowest BCUT2D eigenvalue weighted by Gasteiger charge is -2.10. The summed E-state index contributed by atoms with van der Waals surface area (Å²) in [5, 5.41) is 4.10. The van der Waals surface area contributed by atoms with Gasteiger partial charge in [-0.2, -0.15) is 0 Å². The molecule has 0 aliphatic rings. The maximum Gasteiger partial charge on any atom is 0.337 e. The van der Waals surface area contributed by atoms with Crippen LogP contribution in [0.1, 0.15) is 0 Å². The van der Waals surface area contributed by atoms with Gasteiger partial charge >= 0.3 is 6.03 Å². The number of anilines is 2. The average Bonchev–Trinajstić information content (AvgIpc) is 2.55. The van der Waals surface area contributed by atoms with Crippen molar-refractivity contribution < 1.29 is 4.79 Å². The van der Waals surface area contributed by atoms with Crippen molar-refractivity contribution >= 4 is 40.0 Å². The van der Waals surface area contributed by atoms with E-state index >= 15 is 0 Å². The lowest BCUT2D eigenvalue weighted by atomic mass is 10.2. The molecule has 0 bridgehead atoms. The number of nitrogens with zero attached hydrogens (tertiary/aromatic N) is 2. The third kappa shape index (κ3) is 3.24. The highest BCUT2D eigenvalue weighted by Crippen LogP contribution is 2.17. The van der Waals surface area contributed by atoms with Crippen molar-refractivity contribution in [1.82, 2.24) is 15.4 Å². The molecule has 7 heteroatoms. The van der Waals surface area contributed by atoms with E-state index in [1.807, 2.05) is 24.3 Å². The predicted octanol–water partition coefficient (Wildman–Crippen LogP) is 3.43. The summed E-state index contributed by atoms with van der Waals surface area (Å²) < 4.78 is 0. The van der Waals surface area contributed by atoms with Crippen LogP contribution in [0.3, 0.4) is 0 Å². The summed E-state index contributed by atoms with van der Waals surface area (Å²) in [6.45, 7) is 0. The zero-order valence-corrected chi connectivity index (χ0v) is 12.1. The van der Waals surface area contributed by atoms with Crippen LogP contribution in [0.2, 0.25) is 5.02 Å². The molecule has 3 aromatic rings. The van der Waals surface area contributed by atoms with Crippen LogP contribution in [-0.4, -0.2) is 16.0 Å². The Morgan fingerprint density at radius 3 is 2.59 bits per heavy atom. The van der Waals surface area contributed by atoms with Crippen LogP contribution < -0.4 is 16.2 Å². The first-order valence-electron chi connectivity index (χ1n) is 6.51. The van der Waals surface area contributed by atoms with Gasteiger partial charge in [-0.1, -0.05) is 23.7 Å². The van der Waals surface area contributed by atoms with Crippen molar-refractivity contribution in [3.05, 3.63) is 59.9 Å². The third-order valence-electron chi connectivity index (χ3n) is 2.94. The molecule has 6 nitrogen and oxygen atoms in total. The number of rotatable bonds is 3. The summed E-state index contributed by atoms with van der Waals surface area (Å²) in [4.78, 5) is 20.1. The number of urea groups is 1. The quantitative estimate of drug-likeness (QED) is 0.647. The molecule has 2 amide bonds. The molecule has 0 aliphatic heterocycles. The summed E-state index contributed by atoms with van der Waals surface area (Å²) in [5.74, 6) is 0.525. The number of hydrogen-bond donors (Lipinski definition) is 3. The summed E-state index contributed by atoms with van der Waals surface area (Å²) in [7, 11) is 0. The largest absolute Gasteiger partial charge is 0.337 e. The Kier molecular flexibility index (Phi) is 4.02. The number of aromatic nitrogens is 2. The number of hydrogen-bond acceptors (Lipinski definition) is 4. The highest BCUT2D eigenvalue weighted by atomic mass is 35.5. The van der Waals surface area contributed by atoms with Crippen LogP contribution in [0.4, 0.5) is 16.3 Å². The minimum absolute atomic E-state index is 0.412. The summed E-state index contributed by atoms with van der Waals surface area (Å²) >= 11 is 5.79. The maximum absolute atomic E-state index is 11.8. The lowest BCUT2D eigenvalue weighted by molar-refractivity contribution is 0.254. The molecule has 3 rings (SSSR count). The van der Waals surface area contributed by atoms with Gasteiger partial charge in [0.25, 0.3) is 0 Å². The molecular formula is C15H12ClN5O. The van der Waals surface area contributed by atoms with E-state index in [1.165, 1.54) is 6.33 Å². The van der Waals surface area contributed by atoms with Crippen molar-refractivity contribution in [2.24, 2.45) is 0 Å². The molecule has 3 N–H and O–H groups in total. The SMILES string of the molecule is O=C(NNc1ncnc2ccccc12)Nc1ccc(Cl)cc1. The second-order valence-corrected chi connectivity index (χ2v) is 4.89. The molecule has 0 saturated carbocycles. The second kappa shape index (κ2) is 6.28. The molecule has 2 aromatic carbocycles. The van der Waals surface area contributed by atoms with Gasteiger partial charge in [-0.15, -0.1) is 0 Å². The van der Waals surface area contributed by atoms with Crippen molar-refractivity contribution in [3.8, 4) is 0 Å². The smallest absolute Gasteiger partial charge is 0.307 e. The first kappa shape index (κ1) is 14.1. The van der Waals surface area contributed by atoms with Gasteiger partial charge in [0.1, 0.15) is 6.33 Å². The number of para-hydroxylation sites is 1. The van der Waals surface area contributed by atoms with Crippen molar-refractivity contribution in [1.29, 1.82) is 0 Å². The zero-order valence-electron chi connectivity index (χ0n) is 11.4. The van der Waals surface area contributed by atoms with E-state index in [9.17, 15) is 4.79 Å². The molecule has 0 saturated heterocycles. The average molecular weight is 314 g/mol. The Hall–Kier alpha value is -2.86. The second-order valence-electron chi connectivity index (χ2n) is 4.45. The minimum atomic E-state index is -0.412. The predicted molar refractivity (Wildman–Crippen MR) is 86.8 cm³/mol. The van der Waals surface area contributed by atoms with Gasteiger partial charge < -0.3 is 5.32 Å². The van der Waals surface area contributed by atoms with Crippen molar-refractivity contribution in [2.75, 3.05) is 10.7 Å². The van der Waals surface area contributed by atoms with E-state index < -0.39 is 6.03 Å². The normalized spacial score (nSPS) is 10.2. The van der Waals surface area contributed by atoms with Crippen LogP contribution in [0, 0.1) is 0 Å². The highest BCUT2D eigenvalue weighted by molar-refractivity contribution is 6.30. The number of nitrogens with one attached hydrogen (secondary N) is 3. The van der Waals surface area contributed by atoms with Crippen LogP contribution in [0.25, 0.3) is 10.9 Å². The maximum atomic E-state index is 11.8. The van der Waals surface area contributed by atoms with Crippen LogP contribution in [0.5, 0.6) is 0 Å². The Labute approximate surface area is 131 Å². The fourth-order valence-electron chi connectivity index (χ4n) is 1.92. The highest BCUT2D eigenvalue weighted by Gasteiger charge is 2.05. The Morgan fingerprint density at radius 1 is 1.00 bits per heavy atom. The Bertz CT molecular complexity index is 801. The summed E-state index contributed by atoms with van der Waals surface area (Å²) in [6, 6.07) is 13.9. The van der Waals surface area contributed by atoms with Crippen LogP contribution >= 0.6 is 11.6 Å². The zero-order chi connectivity index (χ0) is 15.4. The van der Waals surface area contributed by atoms with E-state index in [0.29, 0.717) is 16.5 Å². The van der Waals surface area contributed by atoms with Crippen LogP contribution in [0.15, 0.2) is 54.9 Å². The van der Waals surface area contributed by atoms with Gasteiger partial charge in [0.15, 0.2) is 5.82 Å². The van der Waals surface area contributed by atoms with Gasteiger partial charge in [0.05, 0.1) is 5.52 Å². The topological polar surface area (TPSA) is 78.9 Å². The molecule has 1 aromatic heterocycles. The number of carbonyl (C=O) groups is 1. The van der Waals surface area contributed by atoms with Crippen molar-refractivity contribution in [2.45, 2.75) is 0 Å². The molecule has 0 unspecified atom stereocenters. The van der Waals surface area contributed by atoms with Gasteiger partial charge in [-0.25, -0.2) is 14.8 Å². The summed E-state index contributed by atoms with van der Waals surface area (Å²) in [6.07, 6.45) is 1.43. The summed E-state index contributed by atoms with van der Waals surface area (Å²) in [5.41, 5.74) is 6.74. The Balaban J connectivity index is 1.66. The van der Waals surface area contributed by atoms with Crippen molar-refractivity contribution in [3.63, 3.8) is 0 Å². The van der Waals surface area contributed by atoms with E-state index in [4.69, 9.17) is 11.6 Å². The first-order valence-corrected chi connectivity index (χ1v) is 6.88. The van der Waals surface area contributed by atoms with Gasteiger partial charge in [-0.3, -0.25) is 10.9 Å². The van der Waals surface area contributed by atoms with E-state index in [0.717, 1.165) is 10.9 Å². The lowest BCUT2D eigenvalue weighted by Crippen LogP contribution is -2.34. The van der Waals surface area contributed by atoms with E-state index in [-0.39, 0.29) is 0 Å². The standard InChI is InChI=1S/C15H12ClN5O/c16-10-5-7-11(8-6-10)19-15(22)21-20-14-12-3-1-2-4-13(12)17-9-18-14/h1-9H,(H,17,18,20)(H2,19,21,22). The molecule has 0 spiro atoms. The molecule has 22 heavy (non-hydrogen) atoms. The molecular weight excluding hydrogens is 302 g/mol. The molecule has 110 valence electrons. The first-order chi connectivity index (χ1) is 10.7. The van der Waals surface area contributed by atoms with Gasteiger partial charge in [-0.05, 0) is 36.4 Å². The number of halogens is 1. The molecule has 1 heterocycles. The molecule has 0 radical (unpaired) electrons. The fourth-order valence-corrected chi connectivity index (χ4v) is 2.04. The Morgan fingerprint density at radius 2 is 1.77 bits per heavy atom. The number of carbonyl (C=O) groups excluding carboxylic acids is 1. The number of hydrazine groups is 1. The third-order valence-corrected chi connectivity index (χ3v) is 3.19. The van der Waals surface area contributed by atoms with E-state index in [1.54, 1.807) is 24.3 Å². The van der Waals surface area contributed by atoms with Crippen LogP contribution in [-0.2, 0) is 0 Å². The number of amides is 2. The van der Waals surface area contributed by atoms with Gasteiger partial charge in [0, 0.05) is 16.1 Å². The molecule has 0 fully saturated rings.